The largest absolute Gasteiger partial charge is 0.379 e. The van der Waals surface area contributed by atoms with E-state index >= 15 is 0 Å². The van der Waals surface area contributed by atoms with Gasteiger partial charge in [0.05, 0.1) is 11.2 Å². The Morgan fingerprint density at radius 2 is 1.31 bits per heavy atom. The van der Waals surface area contributed by atoms with Gasteiger partial charge in [-0.3, -0.25) is 4.79 Å². The maximum absolute atomic E-state index is 13.0. The van der Waals surface area contributed by atoms with Crippen molar-refractivity contribution in [3.63, 3.8) is 0 Å². The van der Waals surface area contributed by atoms with Crippen molar-refractivity contribution < 1.29 is 19.1 Å². The van der Waals surface area contributed by atoms with Crippen molar-refractivity contribution in [3.8, 4) is 0 Å². The molecule has 1 heterocycles. The van der Waals surface area contributed by atoms with E-state index in [9.17, 15) is 9.59 Å². The molecule has 2 N–H and O–H groups in total. The molecule has 1 unspecified atom stereocenters. The fourth-order valence-corrected chi connectivity index (χ4v) is 4.42. The maximum Gasteiger partial charge on any atom is 0.318 e. The molecule has 1 saturated heterocycles. The number of hydrogen-bond acceptors (Lipinski definition) is 4. The van der Waals surface area contributed by atoms with Crippen molar-refractivity contribution in [3.05, 3.63) is 0 Å². The van der Waals surface area contributed by atoms with Crippen LogP contribution in [0, 0.1) is 0 Å². The zero-order chi connectivity index (χ0) is 22.7. The number of nitrogens with one attached hydrogen (secondary N) is 2. The van der Waals surface area contributed by atoms with Gasteiger partial charge in [-0.1, -0.05) is 0 Å². The lowest BCUT2D eigenvalue weighted by atomic mass is 9.89. The summed E-state index contributed by atoms with van der Waals surface area (Å²) < 4.78 is 11.0. The fourth-order valence-electron chi connectivity index (χ4n) is 4.42. The summed E-state index contributed by atoms with van der Waals surface area (Å²) in [5.41, 5.74) is -1.59. The second-order valence-electron chi connectivity index (χ2n) is 10.8. The van der Waals surface area contributed by atoms with Gasteiger partial charge in [0, 0.05) is 31.8 Å². The summed E-state index contributed by atoms with van der Waals surface area (Å²) in [5.74, 6) is -0.107. The Bertz CT molecular complexity index is 535. The average molecular weight is 414 g/mol. The van der Waals surface area contributed by atoms with Gasteiger partial charge in [0.25, 0.3) is 0 Å². The highest BCUT2D eigenvalue weighted by molar-refractivity contribution is 5.88. The van der Waals surface area contributed by atoms with E-state index in [1.54, 1.807) is 19.1 Å². The molecule has 7 heteroatoms. The third kappa shape index (κ3) is 8.13. The van der Waals surface area contributed by atoms with Gasteiger partial charge in [-0.2, -0.15) is 0 Å². The Labute approximate surface area is 177 Å². The number of ether oxygens (including phenoxy) is 2. The average Bonchev–Trinajstić information content (AvgIpc) is 3.01. The minimum Gasteiger partial charge on any atom is -0.379 e. The van der Waals surface area contributed by atoms with Crippen LogP contribution in [0.5, 0.6) is 0 Å². The van der Waals surface area contributed by atoms with Gasteiger partial charge in [-0.05, 0) is 81.1 Å². The Morgan fingerprint density at radius 3 is 1.76 bits per heavy atom. The molecule has 1 atom stereocenters. The second kappa shape index (κ2) is 9.21. The molecule has 1 aliphatic heterocycles. The molecule has 0 spiro atoms. The summed E-state index contributed by atoms with van der Waals surface area (Å²) in [6, 6.07) is -0.652. The van der Waals surface area contributed by atoms with E-state index in [4.69, 9.17) is 9.47 Å². The van der Waals surface area contributed by atoms with Crippen LogP contribution < -0.4 is 10.6 Å². The lowest BCUT2D eigenvalue weighted by Gasteiger charge is -2.38. The van der Waals surface area contributed by atoms with Gasteiger partial charge < -0.3 is 25.0 Å². The van der Waals surface area contributed by atoms with Crippen molar-refractivity contribution >= 4 is 11.9 Å². The summed E-state index contributed by atoms with van der Waals surface area (Å²) in [6.07, 6.45) is 2.82. The van der Waals surface area contributed by atoms with Gasteiger partial charge in [-0.25, -0.2) is 4.79 Å². The monoisotopic (exact) mass is 413 g/mol. The van der Waals surface area contributed by atoms with Crippen molar-refractivity contribution in [1.82, 2.24) is 15.5 Å². The molecule has 1 aliphatic rings. The standard InChI is InChI=1S/C22H43N3O4/c1-19(2,14-21(5,6)28-9)23-17(26)16-12-11-13-25(16)18(27)24-20(3,4)15-22(7,8)29-10/h16H,11-15H2,1-10H3,(H,23,26)(H,24,27). The van der Waals surface area contributed by atoms with Crippen molar-refractivity contribution in [1.29, 1.82) is 0 Å². The molecule has 1 fully saturated rings. The molecule has 0 aliphatic carbocycles. The number of carbonyl (C=O) groups excluding carboxylic acids is 2. The Balaban J connectivity index is 2.79. The lowest BCUT2D eigenvalue weighted by molar-refractivity contribution is -0.127. The quantitative estimate of drug-likeness (QED) is 0.607. The van der Waals surface area contributed by atoms with Crippen LogP contribution in [0.2, 0.25) is 0 Å². The molecule has 170 valence electrons. The van der Waals surface area contributed by atoms with Crippen LogP contribution in [0.15, 0.2) is 0 Å². The molecule has 0 bridgehead atoms. The first-order valence-corrected chi connectivity index (χ1v) is 10.5. The van der Waals surface area contributed by atoms with Crippen LogP contribution in [-0.4, -0.2) is 65.9 Å². The predicted octanol–water partition coefficient (Wildman–Crippen LogP) is 3.46. The van der Waals surface area contributed by atoms with Gasteiger partial charge in [-0.15, -0.1) is 0 Å². The van der Waals surface area contributed by atoms with Gasteiger partial charge in [0.15, 0.2) is 0 Å². The normalized spacial score (nSPS) is 18.7. The first kappa shape index (κ1) is 25.7. The molecular weight excluding hydrogens is 370 g/mol. The smallest absolute Gasteiger partial charge is 0.318 e. The molecular formula is C22H43N3O4. The number of methoxy groups -OCH3 is 2. The Morgan fingerprint density at radius 1 is 0.862 bits per heavy atom. The second-order valence-corrected chi connectivity index (χ2v) is 10.8. The molecule has 0 aromatic rings. The number of hydrogen-bond donors (Lipinski definition) is 2. The van der Waals surface area contributed by atoms with Crippen molar-refractivity contribution in [2.24, 2.45) is 0 Å². The third-order valence-electron chi connectivity index (χ3n) is 5.56. The van der Waals surface area contributed by atoms with Crippen molar-refractivity contribution in [2.45, 2.75) is 109 Å². The number of amides is 3. The van der Waals surface area contributed by atoms with E-state index in [0.717, 1.165) is 6.42 Å². The topological polar surface area (TPSA) is 79.9 Å². The van der Waals surface area contributed by atoms with E-state index in [-0.39, 0.29) is 23.1 Å². The molecule has 0 aromatic carbocycles. The summed E-state index contributed by atoms with van der Waals surface area (Å²) in [4.78, 5) is 27.6. The van der Waals surface area contributed by atoms with E-state index in [1.165, 1.54) is 0 Å². The van der Waals surface area contributed by atoms with E-state index in [1.807, 2.05) is 55.4 Å². The highest BCUT2D eigenvalue weighted by Gasteiger charge is 2.39. The number of likely N-dealkylation sites (tertiary alicyclic amines) is 1. The highest BCUT2D eigenvalue weighted by Crippen LogP contribution is 2.26. The molecule has 3 amide bonds. The van der Waals surface area contributed by atoms with Crippen LogP contribution in [0.25, 0.3) is 0 Å². The van der Waals surface area contributed by atoms with E-state index < -0.39 is 17.1 Å². The maximum atomic E-state index is 13.0. The minimum atomic E-state index is -0.456. The predicted molar refractivity (Wildman–Crippen MR) is 116 cm³/mol. The molecule has 1 rings (SSSR count). The number of rotatable bonds is 9. The number of urea groups is 1. The van der Waals surface area contributed by atoms with Crippen LogP contribution in [0.4, 0.5) is 4.79 Å². The summed E-state index contributed by atoms with van der Waals surface area (Å²) in [7, 11) is 3.35. The third-order valence-corrected chi connectivity index (χ3v) is 5.56. The number of nitrogens with zero attached hydrogens (tertiary/aromatic N) is 1. The van der Waals surface area contributed by atoms with Crippen LogP contribution in [0.3, 0.4) is 0 Å². The Hall–Kier alpha value is -1.34. The first-order chi connectivity index (χ1) is 13.0. The van der Waals surface area contributed by atoms with Crippen LogP contribution in [-0.2, 0) is 14.3 Å². The molecule has 7 nitrogen and oxygen atoms in total. The lowest BCUT2D eigenvalue weighted by Crippen LogP contribution is -2.58. The SMILES string of the molecule is COC(C)(C)CC(C)(C)NC(=O)C1CCCN1C(=O)NC(C)(C)CC(C)(C)OC. The molecule has 0 radical (unpaired) electrons. The molecule has 29 heavy (non-hydrogen) atoms. The van der Waals surface area contributed by atoms with Gasteiger partial charge >= 0.3 is 6.03 Å². The Kier molecular flexibility index (Phi) is 8.16. The zero-order valence-electron chi connectivity index (χ0n) is 20.2. The van der Waals surface area contributed by atoms with E-state index in [0.29, 0.717) is 25.8 Å². The van der Waals surface area contributed by atoms with Gasteiger partial charge in [0.1, 0.15) is 6.04 Å². The molecule has 0 aromatic heterocycles. The molecule has 0 saturated carbocycles. The first-order valence-electron chi connectivity index (χ1n) is 10.5. The zero-order valence-corrected chi connectivity index (χ0v) is 20.2. The van der Waals surface area contributed by atoms with Crippen LogP contribution in [0.1, 0.15) is 81.1 Å². The highest BCUT2D eigenvalue weighted by atomic mass is 16.5. The minimum absolute atomic E-state index is 0.107. The van der Waals surface area contributed by atoms with E-state index in [2.05, 4.69) is 10.6 Å². The van der Waals surface area contributed by atoms with Gasteiger partial charge in [0.2, 0.25) is 5.91 Å². The fraction of sp³-hybridized carbons (Fsp3) is 0.909. The van der Waals surface area contributed by atoms with Crippen molar-refractivity contribution in [2.75, 3.05) is 20.8 Å². The summed E-state index contributed by atoms with van der Waals surface area (Å²) >= 11 is 0. The summed E-state index contributed by atoms with van der Waals surface area (Å²) in [5, 5.41) is 6.21. The summed E-state index contributed by atoms with van der Waals surface area (Å²) in [6.45, 7) is 16.5. The number of carbonyl (C=O) groups is 2. The van der Waals surface area contributed by atoms with Crippen LogP contribution >= 0.6 is 0 Å².